The first-order valence-electron chi connectivity index (χ1n) is 5.72. The van der Waals surface area contributed by atoms with E-state index in [2.05, 4.69) is 20.8 Å². The van der Waals surface area contributed by atoms with E-state index in [1.807, 2.05) is 19.9 Å². The standard InChI is InChI=1S/C13H20O3S/c1-8(2)7-16-9-6-10(13(3,4)5)17-11(9)12(14)15/h6,8H,7H2,1-5H3,(H,14,15). The smallest absolute Gasteiger partial charge is 0.349 e. The van der Waals surface area contributed by atoms with Crippen molar-refractivity contribution >= 4 is 17.3 Å². The van der Waals surface area contributed by atoms with Crippen LogP contribution in [-0.2, 0) is 5.41 Å². The number of carboxylic acid groups (broad SMARTS) is 1. The van der Waals surface area contributed by atoms with Gasteiger partial charge in [0.25, 0.3) is 0 Å². The van der Waals surface area contributed by atoms with Gasteiger partial charge in [-0.3, -0.25) is 0 Å². The van der Waals surface area contributed by atoms with Crippen molar-refractivity contribution in [1.29, 1.82) is 0 Å². The van der Waals surface area contributed by atoms with E-state index in [0.717, 1.165) is 4.88 Å². The number of hydrogen-bond acceptors (Lipinski definition) is 3. The molecule has 0 spiro atoms. The minimum absolute atomic E-state index is 0.0473. The molecule has 0 fully saturated rings. The molecular weight excluding hydrogens is 236 g/mol. The second kappa shape index (κ2) is 5.08. The SMILES string of the molecule is CC(C)COc1cc(C(C)(C)C)sc1C(=O)O. The molecule has 0 aliphatic rings. The van der Waals surface area contributed by atoms with E-state index in [4.69, 9.17) is 9.84 Å². The molecule has 0 amide bonds. The monoisotopic (exact) mass is 256 g/mol. The number of carboxylic acids is 1. The Morgan fingerprint density at radius 1 is 1.47 bits per heavy atom. The largest absolute Gasteiger partial charge is 0.492 e. The Morgan fingerprint density at radius 2 is 2.06 bits per heavy atom. The molecule has 17 heavy (non-hydrogen) atoms. The molecule has 0 unspecified atom stereocenters. The zero-order valence-corrected chi connectivity index (χ0v) is 11.9. The summed E-state index contributed by atoms with van der Waals surface area (Å²) in [6.45, 7) is 10.8. The Kier molecular flexibility index (Phi) is 4.20. The molecular formula is C13H20O3S. The molecule has 1 aromatic rings. The van der Waals surface area contributed by atoms with E-state index in [-0.39, 0.29) is 5.41 Å². The summed E-state index contributed by atoms with van der Waals surface area (Å²) in [5.41, 5.74) is -0.0473. The Balaban J connectivity index is 3.02. The zero-order chi connectivity index (χ0) is 13.2. The normalized spacial score (nSPS) is 11.9. The first-order chi connectivity index (χ1) is 7.71. The number of thiophene rings is 1. The minimum Gasteiger partial charge on any atom is -0.492 e. The molecule has 0 atom stereocenters. The average Bonchev–Trinajstić information content (AvgIpc) is 2.57. The van der Waals surface area contributed by atoms with E-state index in [0.29, 0.717) is 23.2 Å². The van der Waals surface area contributed by atoms with E-state index in [1.54, 1.807) is 0 Å². The van der Waals surface area contributed by atoms with Gasteiger partial charge in [-0.1, -0.05) is 34.6 Å². The van der Waals surface area contributed by atoms with Crippen LogP contribution in [0.5, 0.6) is 5.75 Å². The van der Waals surface area contributed by atoms with Crippen molar-refractivity contribution in [1.82, 2.24) is 0 Å². The minimum atomic E-state index is -0.913. The second-order valence-corrected chi connectivity index (χ2v) is 6.62. The molecule has 0 bridgehead atoms. The molecule has 1 N–H and O–H groups in total. The summed E-state index contributed by atoms with van der Waals surface area (Å²) >= 11 is 1.30. The van der Waals surface area contributed by atoms with E-state index in [9.17, 15) is 4.79 Å². The maximum absolute atomic E-state index is 11.1. The summed E-state index contributed by atoms with van der Waals surface area (Å²) in [5.74, 6) is -0.0278. The first kappa shape index (κ1) is 14.0. The maximum Gasteiger partial charge on any atom is 0.349 e. The molecule has 4 heteroatoms. The predicted molar refractivity (Wildman–Crippen MR) is 70.3 cm³/mol. The second-order valence-electron chi connectivity index (χ2n) is 5.56. The van der Waals surface area contributed by atoms with Crippen LogP contribution in [0.25, 0.3) is 0 Å². The lowest BCUT2D eigenvalue weighted by molar-refractivity contribution is 0.0697. The molecule has 1 aromatic heterocycles. The van der Waals surface area contributed by atoms with Gasteiger partial charge in [-0.25, -0.2) is 4.79 Å². The summed E-state index contributed by atoms with van der Waals surface area (Å²) in [7, 11) is 0. The van der Waals surface area contributed by atoms with Crippen LogP contribution in [-0.4, -0.2) is 17.7 Å². The fraction of sp³-hybridized carbons (Fsp3) is 0.615. The van der Waals surface area contributed by atoms with Gasteiger partial charge in [0.1, 0.15) is 5.75 Å². The molecule has 0 aromatic carbocycles. The number of hydrogen-bond donors (Lipinski definition) is 1. The predicted octanol–water partition coefficient (Wildman–Crippen LogP) is 3.78. The van der Waals surface area contributed by atoms with Crippen LogP contribution in [0, 0.1) is 5.92 Å². The van der Waals surface area contributed by atoms with Crippen molar-refractivity contribution < 1.29 is 14.6 Å². The first-order valence-corrected chi connectivity index (χ1v) is 6.54. The Labute approximate surface area is 106 Å². The maximum atomic E-state index is 11.1. The van der Waals surface area contributed by atoms with Gasteiger partial charge in [-0.15, -0.1) is 11.3 Å². The zero-order valence-electron chi connectivity index (χ0n) is 11.0. The highest BCUT2D eigenvalue weighted by molar-refractivity contribution is 7.14. The van der Waals surface area contributed by atoms with Gasteiger partial charge in [0, 0.05) is 4.88 Å². The van der Waals surface area contributed by atoms with Crippen LogP contribution in [0.2, 0.25) is 0 Å². The molecule has 96 valence electrons. The van der Waals surface area contributed by atoms with Gasteiger partial charge < -0.3 is 9.84 Å². The van der Waals surface area contributed by atoms with Crippen LogP contribution in [0.15, 0.2) is 6.07 Å². The summed E-state index contributed by atoms with van der Waals surface area (Å²) in [6.07, 6.45) is 0. The number of aromatic carboxylic acids is 1. The topological polar surface area (TPSA) is 46.5 Å². The van der Waals surface area contributed by atoms with Gasteiger partial charge in [0.2, 0.25) is 0 Å². The molecule has 1 rings (SSSR count). The molecule has 0 aliphatic carbocycles. The highest BCUT2D eigenvalue weighted by Gasteiger charge is 2.23. The highest BCUT2D eigenvalue weighted by atomic mass is 32.1. The number of carbonyl (C=O) groups is 1. The van der Waals surface area contributed by atoms with E-state index in [1.165, 1.54) is 11.3 Å². The van der Waals surface area contributed by atoms with Gasteiger partial charge >= 0.3 is 5.97 Å². The lowest BCUT2D eigenvalue weighted by atomic mass is 9.95. The fourth-order valence-electron chi connectivity index (χ4n) is 1.26. The Bertz CT molecular complexity index is 399. The lowest BCUT2D eigenvalue weighted by Crippen LogP contribution is -2.08. The quantitative estimate of drug-likeness (QED) is 0.891. The third-order valence-corrected chi connectivity index (χ3v) is 3.73. The van der Waals surface area contributed by atoms with Crippen molar-refractivity contribution in [2.24, 2.45) is 5.92 Å². The van der Waals surface area contributed by atoms with Crippen molar-refractivity contribution in [2.75, 3.05) is 6.61 Å². The molecule has 1 heterocycles. The Morgan fingerprint density at radius 3 is 2.47 bits per heavy atom. The third-order valence-electron chi connectivity index (χ3n) is 2.20. The molecule has 0 saturated carbocycles. The Hall–Kier alpha value is -1.03. The van der Waals surface area contributed by atoms with Gasteiger partial charge in [0.15, 0.2) is 4.88 Å². The highest BCUT2D eigenvalue weighted by Crippen LogP contribution is 2.36. The molecule has 3 nitrogen and oxygen atoms in total. The number of ether oxygens (including phenoxy) is 1. The summed E-state index contributed by atoms with van der Waals surface area (Å²) in [5, 5.41) is 9.14. The van der Waals surface area contributed by atoms with E-state index >= 15 is 0 Å². The lowest BCUT2D eigenvalue weighted by Gasteiger charge is -2.15. The third kappa shape index (κ3) is 3.73. The number of rotatable bonds is 4. The van der Waals surface area contributed by atoms with Crippen molar-refractivity contribution in [3.63, 3.8) is 0 Å². The van der Waals surface area contributed by atoms with Crippen LogP contribution in [0.3, 0.4) is 0 Å². The average molecular weight is 256 g/mol. The molecule has 0 aliphatic heterocycles. The summed E-state index contributed by atoms with van der Waals surface area (Å²) in [4.78, 5) is 12.5. The van der Waals surface area contributed by atoms with Crippen LogP contribution in [0.4, 0.5) is 0 Å². The van der Waals surface area contributed by atoms with Crippen LogP contribution >= 0.6 is 11.3 Å². The fourth-order valence-corrected chi connectivity index (χ4v) is 2.25. The van der Waals surface area contributed by atoms with Crippen molar-refractivity contribution in [3.05, 3.63) is 15.8 Å². The molecule has 0 radical (unpaired) electrons. The van der Waals surface area contributed by atoms with Crippen molar-refractivity contribution in [2.45, 2.75) is 40.0 Å². The summed E-state index contributed by atoms with van der Waals surface area (Å²) in [6, 6.07) is 1.86. The molecule has 0 saturated heterocycles. The van der Waals surface area contributed by atoms with Crippen LogP contribution < -0.4 is 4.74 Å². The van der Waals surface area contributed by atoms with Crippen LogP contribution in [0.1, 0.15) is 49.2 Å². The van der Waals surface area contributed by atoms with Gasteiger partial charge in [-0.2, -0.15) is 0 Å². The van der Waals surface area contributed by atoms with E-state index < -0.39 is 5.97 Å². The summed E-state index contributed by atoms with van der Waals surface area (Å²) < 4.78 is 5.57. The van der Waals surface area contributed by atoms with Gasteiger partial charge in [0.05, 0.1) is 6.61 Å². The van der Waals surface area contributed by atoms with Crippen molar-refractivity contribution in [3.8, 4) is 5.75 Å². The van der Waals surface area contributed by atoms with Gasteiger partial charge in [-0.05, 0) is 17.4 Å².